The van der Waals surface area contributed by atoms with Gasteiger partial charge in [-0.3, -0.25) is 4.79 Å². The Labute approximate surface area is 101 Å². The highest BCUT2D eigenvalue weighted by Crippen LogP contribution is 2.20. The number of carbonyl (C=O) groups is 1. The van der Waals surface area contributed by atoms with Gasteiger partial charge in [0.05, 0.1) is 6.61 Å². The molecule has 4 nitrogen and oxygen atoms in total. The molecule has 0 aromatic heterocycles. The predicted molar refractivity (Wildman–Crippen MR) is 63.6 cm³/mol. The number of methoxy groups -OCH3 is 1. The first kappa shape index (κ1) is 12.1. The van der Waals surface area contributed by atoms with Crippen molar-refractivity contribution in [1.82, 2.24) is 4.90 Å². The van der Waals surface area contributed by atoms with Crippen LogP contribution in [-0.4, -0.2) is 42.7 Å². The summed E-state index contributed by atoms with van der Waals surface area (Å²) in [6.07, 6.45) is 0. The fourth-order valence-electron chi connectivity index (χ4n) is 2.03. The molecular weight excluding hydrogens is 218 g/mol. The van der Waals surface area contributed by atoms with Crippen molar-refractivity contribution in [1.29, 1.82) is 0 Å². The molecule has 1 amide bonds. The molecule has 1 fully saturated rings. The summed E-state index contributed by atoms with van der Waals surface area (Å²) >= 11 is 0. The maximum absolute atomic E-state index is 12.2. The van der Waals surface area contributed by atoms with Gasteiger partial charge in [-0.15, -0.1) is 0 Å². The van der Waals surface area contributed by atoms with Crippen LogP contribution in [0.15, 0.2) is 24.3 Å². The third-order valence-corrected chi connectivity index (χ3v) is 3.05. The third kappa shape index (κ3) is 2.48. The molecule has 1 aromatic carbocycles. The summed E-state index contributed by atoms with van der Waals surface area (Å²) in [7, 11) is 1.62. The van der Waals surface area contributed by atoms with Gasteiger partial charge in [-0.25, -0.2) is 0 Å². The summed E-state index contributed by atoms with van der Waals surface area (Å²) < 4.78 is 5.08. The molecule has 0 unspecified atom stereocenters. The molecule has 1 saturated heterocycles. The van der Waals surface area contributed by atoms with Crippen molar-refractivity contribution < 1.29 is 14.6 Å². The van der Waals surface area contributed by atoms with Crippen molar-refractivity contribution in [2.45, 2.75) is 6.61 Å². The van der Waals surface area contributed by atoms with E-state index in [1.165, 1.54) is 0 Å². The number of benzene rings is 1. The van der Waals surface area contributed by atoms with Gasteiger partial charge in [-0.1, -0.05) is 18.2 Å². The lowest BCUT2D eigenvalue weighted by Crippen LogP contribution is -2.51. The Morgan fingerprint density at radius 2 is 2.18 bits per heavy atom. The van der Waals surface area contributed by atoms with Gasteiger partial charge in [0.25, 0.3) is 5.91 Å². The number of ether oxygens (including phenoxy) is 1. The van der Waals surface area contributed by atoms with E-state index < -0.39 is 0 Å². The molecule has 0 saturated carbocycles. The standard InChI is InChI=1S/C13H17NO3/c1-17-9-11-4-2-3-5-12(11)13(16)14-6-10(7-14)8-15/h2-5,10,15H,6-9H2,1H3. The molecule has 0 radical (unpaired) electrons. The van der Waals surface area contributed by atoms with Crippen LogP contribution in [0, 0.1) is 5.92 Å². The van der Waals surface area contributed by atoms with E-state index in [9.17, 15) is 4.79 Å². The highest BCUT2D eigenvalue weighted by molar-refractivity contribution is 5.96. The summed E-state index contributed by atoms with van der Waals surface area (Å²) in [6, 6.07) is 7.48. The molecule has 1 aliphatic heterocycles. The van der Waals surface area contributed by atoms with Gasteiger partial charge in [-0.05, 0) is 11.6 Å². The van der Waals surface area contributed by atoms with Crippen LogP contribution in [0.4, 0.5) is 0 Å². The number of likely N-dealkylation sites (tertiary alicyclic amines) is 1. The molecule has 4 heteroatoms. The lowest BCUT2D eigenvalue weighted by molar-refractivity contribution is 0.0358. The van der Waals surface area contributed by atoms with Gasteiger partial charge < -0.3 is 14.7 Å². The second kappa shape index (κ2) is 5.29. The maximum Gasteiger partial charge on any atom is 0.254 e. The van der Waals surface area contributed by atoms with Crippen molar-refractivity contribution in [2.75, 3.05) is 26.8 Å². The summed E-state index contributed by atoms with van der Waals surface area (Å²) in [6.45, 7) is 1.90. The number of aliphatic hydroxyl groups excluding tert-OH is 1. The van der Waals surface area contributed by atoms with Crippen molar-refractivity contribution in [3.63, 3.8) is 0 Å². The Kier molecular flexibility index (Phi) is 3.76. The van der Waals surface area contributed by atoms with Crippen LogP contribution in [0.3, 0.4) is 0 Å². The molecule has 17 heavy (non-hydrogen) atoms. The van der Waals surface area contributed by atoms with Gasteiger partial charge in [0.2, 0.25) is 0 Å². The molecule has 1 heterocycles. The first-order valence-corrected chi connectivity index (χ1v) is 5.73. The van der Waals surface area contributed by atoms with Gasteiger partial charge >= 0.3 is 0 Å². The number of amides is 1. The first-order valence-electron chi connectivity index (χ1n) is 5.73. The molecule has 1 aromatic rings. The first-order chi connectivity index (χ1) is 8.26. The van der Waals surface area contributed by atoms with E-state index >= 15 is 0 Å². The Morgan fingerprint density at radius 1 is 1.47 bits per heavy atom. The topological polar surface area (TPSA) is 49.8 Å². The maximum atomic E-state index is 12.2. The quantitative estimate of drug-likeness (QED) is 0.843. The van der Waals surface area contributed by atoms with Crippen LogP contribution in [0.5, 0.6) is 0 Å². The van der Waals surface area contributed by atoms with Crippen LogP contribution in [0.1, 0.15) is 15.9 Å². The molecule has 2 rings (SSSR count). The lowest BCUT2D eigenvalue weighted by Gasteiger charge is -2.38. The number of hydrogen-bond donors (Lipinski definition) is 1. The fourth-order valence-corrected chi connectivity index (χ4v) is 2.03. The number of carbonyl (C=O) groups excluding carboxylic acids is 1. The minimum absolute atomic E-state index is 0.0300. The summed E-state index contributed by atoms with van der Waals surface area (Å²) in [5, 5.41) is 8.94. The molecule has 92 valence electrons. The van der Waals surface area contributed by atoms with Crippen LogP contribution in [0.25, 0.3) is 0 Å². The SMILES string of the molecule is COCc1ccccc1C(=O)N1CC(CO)C1. The van der Waals surface area contributed by atoms with E-state index in [0.29, 0.717) is 25.3 Å². The number of nitrogens with zero attached hydrogens (tertiary/aromatic N) is 1. The molecule has 1 aliphatic rings. The largest absolute Gasteiger partial charge is 0.396 e. The van der Waals surface area contributed by atoms with Crippen molar-refractivity contribution in [3.8, 4) is 0 Å². The molecular formula is C13H17NO3. The zero-order chi connectivity index (χ0) is 12.3. The average Bonchev–Trinajstić information content (AvgIpc) is 2.28. The van der Waals surface area contributed by atoms with Crippen LogP contribution < -0.4 is 0 Å². The summed E-state index contributed by atoms with van der Waals surface area (Å²) in [4.78, 5) is 13.9. The smallest absolute Gasteiger partial charge is 0.254 e. The highest BCUT2D eigenvalue weighted by Gasteiger charge is 2.31. The summed E-state index contributed by atoms with van der Waals surface area (Å²) in [5.41, 5.74) is 1.61. The second-order valence-electron chi connectivity index (χ2n) is 4.35. The second-order valence-corrected chi connectivity index (χ2v) is 4.35. The minimum Gasteiger partial charge on any atom is -0.396 e. The van der Waals surface area contributed by atoms with Gasteiger partial charge in [0.15, 0.2) is 0 Å². The van der Waals surface area contributed by atoms with Crippen molar-refractivity contribution in [2.24, 2.45) is 5.92 Å². The predicted octanol–water partition coefficient (Wildman–Crippen LogP) is 0.897. The van der Waals surface area contributed by atoms with E-state index in [4.69, 9.17) is 9.84 Å². The minimum atomic E-state index is 0.0300. The average molecular weight is 235 g/mol. The lowest BCUT2D eigenvalue weighted by atomic mass is 9.98. The highest BCUT2D eigenvalue weighted by atomic mass is 16.5. The monoisotopic (exact) mass is 235 g/mol. The summed E-state index contributed by atoms with van der Waals surface area (Å²) in [5.74, 6) is 0.274. The normalized spacial score (nSPS) is 15.8. The molecule has 0 spiro atoms. The van der Waals surface area contributed by atoms with E-state index in [1.807, 2.05) is 24.3 Å². The van der Waals surface area contributed by atoms with Crippen LogP contribution in [0.2, 0.25) is 0 Å². The van der Waals surface area contributed by atoms with Gasteiger partial charge in [-0.2, -0.15) is 0 Å². The van der Waals surface area contributed by atoms with Crippen molar-refractivity contribution >= 4 is 5.91 Å². The Balaban J connectivity index is 2.09. The van der Waals surface area contributed by atoms with E-state index in [-0.39, 0.29) is 18.4 Å². The number of aliphatic hydroxyl groups is 1. The third-order valence-electron chi connectivity index (χ3n) is 3.05. The molecule has 0 bridgehead atoms. The fraction of sp³-hybridized carbons (Fsp3) is 0.462. The van der Waals surface area contributed by atoms with Crippen molar-refractivity contribution in [3.05, 3.63) is 35.4 Å². The van der Waals surface area contributed by atoms with E-state index in [0.717, 1.165) is 5.56 Å². The zero-order valence-electron chi connectivity index (χ0n) is 9.93. The van der Waals surface area contributed by atoms with Gasteiger partial charge in [0, 0.05) is 38.3 Å². The van der Waals surface area contributed by atoms with E-state index in [1.54, 1.807) is 12.0 Å². The molecule has 1 N–H and O–H groups in total. The van der Waals surface area contributed by atoms with Gasteiger partial charge in [0.1, 0.15) is 0 Å². The zero-order valence-corrected chi connectivity index (χ0v) is 9.93. The Morgan fingerprint density at radius 3 is 2.82 bits per heavy atom. The number of rotatable bonds is 4. The van der Waals surface area contributed by atoms with Crippen LogP contribution >= 0.6 is 0 Å². The van der Waals surface area contributed by atoms with Crippen LogP contribution in [-0.2, 0) is 11.3 Å². The van der Waals surface area contributed by atoms with E-state index in [2.05, 4.69) is 0 Å². The molecule has 0 aliphatic carbocycles. The Hall–Kier alpha value is -1.39. The Bertz CT molecular complexity index is 399. The molecule has 0 atom stereocenters. The number of hydrogen-bond acceptors (Lipinski definition) is 3.